The molecule has 22 heavy (non-hydrogen) atoms. The van der Waals surface area contributed by atoms with E-state index in [1.165, 1.54) is 6.42 Å². The molecule has 1 saturated heterocycles. The van der Waals surface area contributed by atoms with Gasteiger partial charge in [0.15, 0.2) is 0 Å². The van der Waals surface area contributed by atoms with Crippen molar-refractivity contribution in [1.29, 1.82) is 0 Å². The van der Waals surface area contributed by atoms with Crippen molar-refractivity contribution in [2.75, 3.05) is 32.8 Å². The summed E-state index contributed by atoms with van der Waals surface area (Å²) in [7, 11) is 0. The molecule has 1 aliphatic rings. The lowest BCUT2D eigenvalue weighted by atomic mass is 9.84. The molecule has 1 N–H and O–H groups in total. The SMILES string of the molecule is CCCCOC/C=C\CN1CCC(O)(c2ccccc2)CC1. The molecule has 1 aromatic carbocycles. The van der Waals surface area contributed by atoms with Crippen LogP contribution in [0.3, 0.4) is 0 Å². The van der Waals surface area contributed by atoms with Crippen molar-refractivity contribution in [1.82, 2.24) is 4.90 Å². The third kappa shape index (κ3) is 5.24. The van der Waals surface area contributed by atoms with E-state index in [1.807, 2.05) is 30.3 Å². The molecule has 1 aliphatic heterocycles. The summed E-state index contributed by atoms with van der Waals surface area (Å²) in [4.78, 5) is 2.39. The zero-order valence-electron chi connectivity index (χ0n) is 13.7. The number of benzene rings is 1. The molecule has 0 saturated carbocycles. The lowest BCUT2D eigenvalue weighted by Crippen LogP contribution is -2.42. The van der Waals surface area contributed by atoms with Gasteiger partial charge in [0.05, 0.1) is 12.2 Å². The number of hydrogen-bond donors (Lipinski definition) is 1. The number of hydrogen-bond acceptors (Lipinski definition) is 3. The number of piperidine rings is 1. The molecule has 0 bridgehead atoms. The summed E-state index contributed by atoms with van der Waals surface area (Å²) in [5.74, 6) is 0. The van der Waals surface area contributed by atoms with E-state index in [0.29, 0.717) is 6.61 Å². The molecule has 2 rings (SSSR count). The van der Waals surface area contributed by atoms with Gasteiger partial charge >= 0.3 is 0 Å². The fourth-order valence-corrected chi connectivity index (χ4v) is 2.83. The number of nitrogens with zero attached hydrogens (tertiary/aromatic N) is 1. The molecule has 0 spiro atoms. The highest BCUT2D eigenvalue weighted by molar-refractivity contribution is 5.23. The van der Waals surface area contributed by atoms with E-state index in [0.717, 1.165) is 51.1 Å². The van der Waals surface area contributed by atoms with Crippen molar-refractivity contribution in [2.24, 2.45) is 0 Å². The smallest absolute Gasteiger partial charge is 0.0920 e. The summed E-state index contributed by atoms with van der Waals surface area (Å²) in [6.07, 6.45) is 8.21. The molecule has 0 aliphatic carbocycles. The predicted octanol–water partition coefficient (Wildman–Crippen LogP) is 3.34. The van der Waals surface area contributed by atoms with Gasteiger partial charge in [0.2, 0.25) is 0 Å². The Kier molecular flexibility index (Phi) is 7.10. The van der Waals surface area contributed by atoms with Crippen molar-refractivity contribution in [3.63, 3.8) is 0 Å². The zero-order valence-corrected chi connectivity index (χ0v) is 13.7. The molecule has 0 amide bonds. The largest absolute Gasteiger partial charge is 0.385 e. The molecule has 0 atom stereocenters. The van der Waals surface area contributed by atoms with Crippen LogP contribution in [0, 0.1) is 0 Å². The molecule has 3 heteroatoms. The molecule has 122 valence electrons. The van der Waals surface area contributed by atoms with E-state index in [4.69, 9.17) is 4.74 Å². The Bertz CT molecular complexity index is 436. The van der Waals surface area contributed by atoms with E-state index >= 15 is 0 Å². The van der Waals surface area contributed by atoms with Gasteiger partial charge in [-0.25, -0.2) is 0 Å². The van der Waals surface area contributed by atoms with Crippen LogP contribution < -0.4 is 0 Å². The molecule has 0 unspecified atom stereocenters. The number of aliphatic hydroxyl groups is 1. The van der Waals surface area contributed by atoms with Gasteiger partial charge in [-0.3, -0.25) is 4.90 Å². The first kappa shape index (κ1) is 17.2. The standard InChI is InChI=1S/C19H29NO2/c1-2-3-16-22-17-8-7-13-20-14-11-19(21,12-15-20)18-9-5-4-6-10-18/h4-10,21H,2-3,11-17H2,1H3/b8-7-. The summed E-state index contributed by atoms with van der Waals surface area (Å²) in [5, 5.41) is 10.8. The van der Waals surface area contributed by atoms with E-state index < -0.39 is 5.60 Å². The molecular weight excluding hydrogens is 274 g/mol. The van der Waals surface area contributed by atoms with Gasteiger partial charge in [-0.05, 0) is 24.8 Å². The maximum absolute atomic E-state index is 10.8. The number of rotatable bonds is 8. The fourth-order valence-electron chi connectivity index (χ4n) is 2.83. The maximum Gasteiger partial charge on any atom is 0.0920 e. The van der Waals surface area contributed by atoms with Crippen LogP contribution in [-0.2, 0) is 10.3 Å². The van der Waals surface area contributed by atoms with Crippen molar-refractivity contribution in [2.45, 2.75) is 38.2 Å². The van der Waals surface area contributed by atoms with Gasteiger partial charge in [0.25, 0.3) is 0 Å². The Morgan fingerprint density at radius 1 is 1.18 bits per heavy atom. The normalized spacial score (nSPS) is 18.8. The highest BCUT2D eigenvalue weighted by atomic mass is 16.5. The molecule has 0 radical (unpaired) electrons. The molecule has 1 heterocycles. The lowest BCUT2D eigenvalue weighted by molar-refractivity contribution is -0.0234. The van der Waals surface area contributed by atoms with Crippen LogP contribution >= 0.6 is 0 Å². The van der Waals surface area contributed by atoms with E-state index in [1.54, 1.807) is 0 Å². The first-order valence-electron chi connectivity index (χ1n) is 8.47. The Hall–Kier alpha value is -1.16. The maximum atomic E-state index is 10.8. The van der Waals surface area contributed by atoms with Crippen molar-refractivity contribution < 1.29 is 9.84 Å². The summed E-state index contributed by atoms with van der Waals surface area (Å²) in [6.45, 7) is 6.56. The van der Waals surface area contributed by atoms with Crippen LogP contribution in [0.5, 0.6) is 0 Å². The Balaban J connectivity index is 1.68. The van der Waals surface area contributed by atoms with Gasteiger partial charge in [0, 0.05) is 26.2 Å². The minimum atomic E-state index is -0.648. The molecule has 3 nitrogen and oxygen atoms in total. The minimum Gasteiger partial charge on any atom is -0.385 e. The topological polar surface area (TPSA) is 32.7 Å². The monoisotopic (exact) mass is 303 g/mol. The summed E-state index contributed by atoms with van der Waals surface area (Å²) < 4.78 is 5.51. The second kappa shape index (κ2) is 9.09. The van der Waals surface area contributed by atoms with Gasteiger partial charge < -0.3 is 9.84 Å². The van der Waals surface area contributed by atoms with Gasteiger partial charge in [-0.15, -0.1) is 0 Å². The van der Waals surface area contributed by atoms with Crippen molar-refractivity contribution in [3.8, 4) is 0 Å². The fraction of sp³-hybridized carbons (Fsp3) is 0.579. The van der Waals surface area contributed by atoms with Crippen molar-refractivity contribution in [3.05, 3.63) is 48.0 Å². The second-order valence-corrected chi connectivity index (χ2v) is 6.10. The number of ether oxygens (including phenoxy) is 1. The minimum absolute atomic E-state index is 0.648. The van der Waals surface area contributed by atoms with Gasteiger partial charge in [-0.1, -0.05) is 55.8 Å². The Labute approximate surface area is 134 Å². The highest BCUT2D eigenvalue weighted by Gasteiger charge is 2.33. The quantitative estimate of drug-likeness (QED) is 0.590. The molecule has 0 aromatic heterocycles. The molecule has 1 aromatic rings. The van der Waals surface area contributed by atoms with E-state index in [2.05, 4.69) is 24.0 Å². The first-order chi connectivity index (χ1) is 10.7. The Morgan fingerprint density at radius 2 is 1.91 bits per heavy atom. The molecule has 1 fully saturated rings. The van der Waals surface area contributed by atoms with Crippen LogP contribution in [0.15, 0.2) is 42.5 Å². The third-order valence-electron chi connectivity index (χ3n) is 4.38. The first-order valence-corrected chi connectivity index (χ1v) is 8.47. The predicted molar refractivity (Wildman–Crippen MR) is 90.9 cm³/mol. The Morgan fingerprint density at radius 3 is 2.59 bits per heavy atom. The van der Waals surface area contributed by atoms with Crippen LogP contribution in [0.25, 0.3) is 0 Å². The average molecular weight is 303 g/mol. The van der Waals surface area contributed by atoms with Crippen molar-refractivity contribution >= 4 is 0 Å². The summed E-state index contributed by atoms with van der Waals surface area (Å²) in [6, 6.07) is 10.1. The number of unbranched alkanes of at least 4 members (excludes halogenated alkanes) is 1. The molecular formula is C19H29NO2. The second-order valence-electron chi connectivity index (χ2n) is 6.10. The lowest BCUT2D eigenvalue weighted by Gasteiger charge is -2.38. The van der Waals surface area contributed by atoms with Gasteiger partial charge in [0.1, 0.15) is 0 Å². The van der Waals surface area contributed by atoms with Crippen LogP contribution in [-0.4, -0.2) is 42.9 Å². The average Bonchev–Trinajstić information content (AvgIpc) is 2.57. The summed E-state index contributed by atoms with van der Waals surface area (Å²) in [5.41, 5.74) is 0.402. The van der Waals surface area contributed by atoms with E-state index in [9.17, 15) is 5.11 Å². The van der Waals surface area contributed by atoms with Crippen LogP contribution in [0.1, 0.15) is 38.2 Å². The van der Waals surface area contributed by atoms with Gasteiger partial charge in [-0.2, -0.15) is 0 Å². The third-order valence-corrected chi connectivity index (χ3v) is 4.38. The van der Waals surface area contributed by atoms with E-state index in [-0.39, 0.29) is 0 Å². The van der Waals surface area contributed by atoms with Crippen LogP contribution in [0.4, 0.5) is 0 Å². The highest BCUT2D eigenvalue weighted by Crippen LogP contribution is 2.32. The van der Waals surface area contributed by atoms with Crippen LogP contribution in [0.2, 0.25) is 0 Å². The zero-order chi connectivity index (χ0) is 15.7. The summed E-state index contributed by atoms with van der Waals surface area (Å²) >= 11 is 0. The number of likely N-dealkylation sites (tertiary alicyclic amines) is 1.